The van der Waals surface area contributed by atoms with Gasteiger partial charge in [0, 0.05) is 0 Å². The van der Waals surface area contributed by atoms with Crippen LogP contribution < -0.4 is 0 Å². The van der Waals surface area contributed by atoms with Crippen molar-refractivity contribution < 1.29 is 0 Å². The van der Waals surface area contributed by atoms with Crippen molar-refractivity contribution in [2.24, 2.45) is 29.1 Å². The molecule has 0 aromatic carbocycles. The van der Waals surface area contributed by atoms with Crippen LogP contribution in [0.2, 0.25) is 0 Å². The summed E-state index contributed by atoms with van der Waals surface area (Å²) in [6.45, 7) is 21.3. The van der Waals surface area contributed by atoms with E-state index >= 15 is 0 Å². The quantitative estimate of drug-likeness (QED) is 0.465. The van der Waals surface area contributed by atoms with Gasteiger partial charge in [0.2, 0.25) is 0 Å². The molecule has 0 aliphatic heterocycles. The second kappa shape index (κ2) is 7.36. The summed E-state index contributed by atoms with van der Waals surface area (Å²) < 4.78 is 0. The maximum atomic E-state index is 2.51. The van der Waals surface area contributed by atoms with Gasteiger partial charge in [-0.25, -0.2) is 0 Å². The number of rotatable bonds is 7. The normalized spacial score (nSPS) is 21.6. The number of hydrogen-bond donors (Lipinski definition) is 0. The molecular weight excluding hydrogens is 216 g/mol. The van der Waals surface area contributed by atoms with Crippen molar-refractivity contribution in [3.05, 3.63) is 11.6 Å². The van der Waals surface area contributed by atoms with Crippen molar-refractivity contribution in [2.45, 2.75) is 75.2 Å². The highest BCUT2D eigenvalue weighted by Crippen LogP contribution is 2.44. The zero-order valence-corrected chi connectivity index (χ0v) is 14.3. The molecule has 0 N–H and O–H groups in total. The Morgan fingerprint density at radius 2 is 1.56 bits per heavy atom. The van der Waals surface area contributed by atoms with Gasteiger partial charge in [0.1, 0.15) is 0 Å². The minimum Gasteiger partial charge on any atom is -0.0822 e. The van der Waals surface area contributed by atoms with Crippen LogP contribution in [0.3, 0.4) is 0 Å². The van der Waals surface area contributed by atoms with Crippen molar-refractivity contribution >= 4 is 0 Å². The van der Waals surface area contributed by atoms with Crippen LogP contribution in [0.5, 0.6) is 0 Å². The smallest absolute Gasteiger partial charge is 0.00934 e. The number of allylic oxidation sites excluding steroid dienone is 2. The first kappa shape index (κ1) is 17.7. The monoisotopic (exact) mass is 252 g/mol. The van der Waals surface area contributed by atoms with Crippen molar-refractivity contribution in [1.82, 2.24) is 0 Å². The van der Waals surface area contributed by atoms with Crippen LogP contribution in [0.15, 0.2) is 11.6 Å². The van der Waals surface area contributed by atoms with Crippen molar-refractivity contribution in [2.75, 3.05) is 0 Å². The van der Waals surface area contributed by atoms with Crippen LogP contribution in [0.4, 0.5) is 0 Å². The maximum absolute atomic E-state index is 2.51. The van der Waals surface area contributed by atoms with E-state index in [2.05, 4.69) is 68.4 Å². The maximum Gasteiger partial charge on any atom is -0.00934 e. The molecule has 0 saturated heterocycles. The molecule has 18 heavy (non-hydrogen) atoms. The Kier molecular flexibility index (Phi) is 7.25. The van der Waals surface area contributed by atoms with Gasteiger partial charge in [-0.05, 0) is 42.4 Å². The largest absolute Gasteiger partial charge is 0.0822 e. The van der Waals surface area contributed by atoms with Crippen LogP contribution in [0.1, 0.15) is 75.2 Å². The average molecular weight is 252 g/mol. The molecule has 0 aromatic heterocycles. The van der Waals surface area contributed by atoms with E-state index in [0.717, 1.165) is 17.8 Å². The Bertz CT molecular complexity index is 261. The topological polar surface area (TPSA) is 0 Å². The fourth-order valence-electron chi connectivity index (χ4n) is 2.85. The van der Waals surface area contributed by atoms with E-state index in [1.54, 1.807) is 5.57 Å². The average Bonchev–Trinajstić information content (AvgIpc) is 2.35. The Labute approximate surface area is 116 Å². The summed E-state index contributed by atoms with van der Waals surface area (Å²) in [6.07, 6.45) is 4.99. The zero-order valence-electron chi connectivity index (χ0n) is 14.3. The van der Waals surface area contributed by atoms with Gasteiger partial charge in [-0.3, -0.25) is 0 Å². The van der Waals surface area contributed by atoms with E-state index in [9.17, 15) is 0 Å². The SMILES string of the molecule is CCC(C)C=C(C)C(C)(CC)C(C)C(C)C(C)C. The lowest BCUT2D eigenvalue weighted by Crippen LogP contribution is -2.33. The summed E-state index contributed by atoms with van der Waals surface area (Å²) >= 11 is 0. The molecule has 0 nitrogen and oxygen atoms in total. The van der Waals surface area contributed by atoms with E-state index in [1.807, 2.05) is 0 Å². The van der Waals surface area contributed by atoms with Gasteiger partial charge in [0.15, 0.2) is 0 Å². The number of hydrogen-bond acceptors (Lipinski definition) is 0. The molecule has 0 bridgehead atoms. The molecule has 0 heterocycles. The Hall–Kier alpha value is -0.260. The molecule has 4 atom stereocenters. The minimum atomic E-state index is 0.354. The van der Waals surface area contributed by atoms with Gasteiger partial charge in [-0.2, -0.15) is 0 Å². The van der Waals surface area contributed by atoms with Crippen LogP contribution in [0, 0.1) is 29.1 Å². The standard InChI is InChI=1S/C18H36/c1-10-14(5)12-15(6)18(9,11-2)17(8)16(7)13(3)4/h12-14,16-17H,10-11H2,1-9H3. The molecule has 0 rings (SSSR count). The molecule has 0 saturated carbocycles. The Balaban J connectivity index is 5.16. The van der Waals surface area contributed by atoms with Crippen LogP contribution in [-0.2, 0) is 0 Å². The molecule has 0 fully saturated rings. The first-order chi connectivity index (χ1) is 8.20. The van der Waals surface area contributed by atoms with Gasteiger partial charge in [-0.15, -0.1) is 0 Å². The Morgan fingerprint density at radius 3 is 1.89 bits per heavy atom. The third kappa shape index (κ3) is 4.14. The Morgan fingerprint density at radius 1 is 1.06 bits per heavy atom. The minimum absolute atomic E-state index is 0.354. The molecule has 108 valence electrons. The van der Waals surface area contributed by atoms with Crippen molar-refractivity contribution in [3.63, 3.8) is 0 Å². The summed E-state index contributed by atoms with van der Waals surface area (Å²) in [6, 6.07) is 0. The lowest BCUT2D eigenvalue weighted by atomic mass is 9.64. The van der Waals surface area contributed by atoms with Gasteiger partial charge < -0.3 is 0 Å². The summed E-state index contributed by atoms with van der Waals surface area (Å²) in [5.74, 6) is 2.98. The van der Waals surface area contributed by atoms with Crippen LogP contribution in [0.25, 0.3) is 0 Å². The molecule has 0 amide bonds. The molecule has 0 heteroatoms. The summed E-state index contributed by atoms with van der Waals surface area (Å²) in [4.78, 5) is 0. The third-order valence-corrected chi connectivity index (χ3v) is 5.66. The molecule has 0 radical (unpaired) electrons. The fraction of sp³-hybridized carbons (Fsp3) is 0.889. The van der Waals surface area contributed by atoms with Crippen LogP contribution in [-0.4, -0.2) is 0 Å². The first-order valence-corrected chi connectivity index (χ1v) is 7.89. The van der Waals surface area contributed by atoms with Gasteiger partial charge in [0.05, 0.1) is 0 Å². The second-order valence-corrected chi connectivity index (χ2v) is 6.90. The summed E-state index contributed by atoms with van der Waals surface area (Å²) in [7, 11) is 0. The second-order valence-electron chi connectivity index (χ2n) is 6.90. The van der Waals surface area contributed by atoms with Gasteiger partial charge >= 0.3 is 0 Å². The molecule has 0 spiro atoms. The highest BCUT2D eigenvalue weighted by molar-refractivity contribution is 5.13. The predicted molar refractivity (Wildman–Crippen MR) is 84.8 cm³/mol. The molecule has 4 unspecified atom stereocenters. The lowest BCUT2D eigenvalue weighted by molar-refractivity contribution is 0.144. The lowest BCUT2D eigenvalue weighted by Gasteiger charge is -2.41. The highest BCUT2D eigenvalue weighted by atomic mass is 14.4. The predicted octanol–water partition coefficient (Wildman–Crippen LogP) is 6.32. The molecular formula is C18H36. The summed E-state index contributed by atoms with van der Waals surface area (Å²) in [5.41, 5.74) is 1.95. The van der Waals surface area contributed by atoms with Gasteiger partial charge in [-0.1, -0.05) is 73.5 Å². The van der Waals surface area contributed by atoms with Crippen molar-refractivity contribution in [3.8, 4) is 0 Å². The summed E-state index contributed by atoms with van der Waals surface area (Å²) in [5, 5.41) is 0. The fourth-order valence-corrected chi connectivity index (χ4v) is 2.85. The van der Waals surface area contributed by atoms with Crippen LogP contribution >= 0.6 is 0 Å². The van der Waals surface area contributed by atoms with E-state index in [1.165, 1.54) is 12.8 Å². The zero-order chi connectivity index (χ0) is 14.5. The van der Waals surface area contributed by atoms with E-state index in [-0.39, 0.29) is 0 Å². The van der Waals surface area contributed by atoms with E-state index in [0.29, 0.717) is 11.3 Å². The van der Waals surface area contributed by atoms with E-state index in [4.69, 9.17) is 0 Å². The molecule has 0 aromatic rings. The van der Waals surface area contributed by atoms with Crippen molar-refractivity contribution in [1.29, 1.82) is 0 Å². The van der Waals surface area contributed by atoms with E-state index < -0.39 is 0 Å². The first-order valence-electron chi connectivity index (χ1n) is 7.89. The highest BCUT2D eigenvalue weighted by Gasteiger charge is 2.35. The molecule has 0 aliphatic carbocycles. The molecule has 0 aliphatic rings. The van der Waals surface area contributed by atoms with Gasteiger partial charge in [0.25, 0.3) is 0 Å². The third-order valence-electron chi connectivity index (χ3n) is 5.66.